The number of hydrogen-bond donors (Lipinski definition) is 0. The Bertz CT molecular complexity index is 675. The normalized spacial score (nSPS) is 15.8. The van der Waals surface area contributed by atoms with Crippen molar-refractivity contribution in [2.45, 2.75) is 24.3 Å². The Morgan fingerprint density at radius 3 is 2.48 bits per heavy atom. The number of benzene rings is 1. The van der Waals surface area contributed by atoms with Gasteiger partial charge in [0.25, 0.3) is 0 Å². The molecule has 1 aliphatic rings. The number of aromatic nitrogens is 1. The van der Waals surface area contributed by atoms with E-state index in [1.807, 2.05) is 17.3 Å². The summed E-state index contributed by atoms with van der Waals surface area (Å²) >= 11 is 1.72. The van der Waals surface area contributed by atoms with Crippen LogP contribution in [0.2, 0.25) is 0 Å². The van der Waals surface area contributed by atoms with Gasteiger partial charge < -0.3 is 4.90 Å². The van der Waals surface area contributed by atoms with E-state index in [9.17, 15) is 4.79 Å². The Labute approximate surface area is 154 Å². The van der Waals surface area contributed by atoms with Gasteiger partial charge >= 0.3 is 0 Å². The Balaban J connectivity index is 1.52. The van der Waals surface area contributed by atoms with Crippen LogP contribution in [-0.4, -0.2) is 53.1 Å². The number of nitrogens with zero attached hydrogens (tertiary/aromatic N) is 3. The van der Waals surface area contributed by atoms with Crippen molar-refractivity contribution < 1.29 is 4.79 Å². The van der Waals surface area contributed by atoms with Gasteiger partial charge in [-0.15, -0.1) is 11.8 Å². The number of amides is 1. The van der Waals surface area contributed by atoms with Crippen molar-refractivity contribution in [1.82, 2.24) is 14.8 Å². The monoisotopic (exact) mass is 355 g/mol. The lowest BCUT2D eigenvalue weighted by Gasteiger charge is -2.22. The standard InChI is InChI=1S/C20H25N3OS/c1-25-19-5-3-17(4-6-19)15-20(24)23-12-2-11-22(13-14-23)16-18-7-9-21-10-8-18/h3-10H,2,11-16H2,1H3. The minimum Gasteiger partial charge on any atom is -0.341 e. The van der Waals surface area contributed by atoms with Crippen LogP contribution in [0.5, 0.6) is 0 Å². The second kappa shape index (κ2) is 9.02. The molecule has 0 radical (unpaired) electrons. The highest BCUT2D eigenvalue weighted by atomic mass is 32.2. The molecule has 1 saturated heterocycles. The summed E-state index contributed by atoms with van der Waals surface area (Å²) < 4.78 is 0. The van der Waals surface area contributed by atoms with Gasteiger partial charge in [0, 0.05) is 50.0 Å². The summed E-state index contributed by atoms with van der Waals surface area (Å²) in [5.41, 5.74) is 2.38. The van der Waals surface area contributed by atoms with E-state index in [1.165, 1.54) is 10.5 Å². The predicted octanol–water partition coefficient (Wildman–Crippen LogP) is 3.08. The van der Waals surface area contributed by atoms with Crippen molar-refractivity contribution in [3.8, 4) is 0 Å². The van der Waals surface area contributed by atoms with Crippen LogP contribution in [0, 0.1) is 0 Å². The van der Waals surface area contributed by atoms with Gasteiger partial charge in [-0.1, -0.05) is 12.1 Å². The van der Waals surface area contributed by atoms with Crippen molar-refractivity contribution in [2.75, 3.05) is 32.4 Å². The molecule has 1 aromatic carbocycles. The van der Waals surface area contributed by atoms with Crippen molar-refractivity contribution in [3.63, 3.8) is 0 Å². The Morgan fingerprint density at radius 1 is 1.00 bits per heavy atom. The molecule has 0 aliphatic carbocycles. The largest absolute Gasteiger partial charge is 0.341 e. The van der Waals surface area contributed by atoms with Crippen LogP contribution in [0.1, 0.15) is 17.5 Å². The average molecular weight is 356 g/mol. The molecule has 3 rings (SSSR count). The van der Waals surface area contributed by atoms with Crippen LogP contribution in [0.15, 0.2) is 53.7 Å². The van der Waals surface area contributed by atoms with Crippen LogP contribution in [0.3, 0.4) is 0 Å². The fraction of sp³-hybridized carbons (Fsp3) is 0.400. The molecular weight excluding hydrogens is 330 g/mol. The van der Waals surface area contributed by atoms with Gasteiger partial charge in [-0.25, -0.2) is 0 Å². The molecule has 4 nitrogen and oxygen atoms in total. The molecule has 1 aromatic heterocycles. The molecule has 132 valence electrons. The van der Waals surface area contributed by atoms with E-state index >= 15 is 0 Å². The molecular formula is C20H25N3OS. The van der Waals surface area contributed by atoms with E-state index in [2.05, 4.69) is 52.5 Å². The molecule has 2 heterocycles. The summed E-state index contributed by atoms with van der Waals surface area (Å²) in [7, 11) is 0. The van der Waals surface area contributed by atoms with Crippen LogP contribution in [0.25, 0.3) is 0 Å². The first-order chi connectivity index (χ1) is 12.2. The molecule has 0 atom stereocenters. The van der Waals surface area contributed by atoms with E-state index in [0.717, 1.165) is 44.7 Å². The van der Waals surface area contributed by atoms with Gasteiger partial charge in [-0.2, -0.15) is 0 Å². The van der Waals surface area contributed by atoms with Crippen molar-refractivity contribution in [3.05, 3.63) is 59.9 Å². The van der Waals surface area contributed by atoms with E-state index in [1.54, 1.807) is 11.8 Å². The lowest BCUT2D eigenvalue weighted by atomic mass is 10.1. The van der Waals surface area contributed by atoms with Crippen molar-refractivity contribution in [2.24, 2.45) is 0 Å². The maximum Gasteiger partial charge on any atom is 0.227 e. The predicted molar refractivity (Wildman–Crippen MR) is 103 cm³/mol. The zero-order chi connectivity index (χ0) is 17.5. The fourth-order valence-corrected chi connectivity index (χ4v) is 3.56. The average Bonchev–Trinajstić information content (AvgIpc) is 2.89. The molecule has 0 spiro atoms. The van der Waals surface area contributed by atoms with Gasteiger partial charge in [-0.3, -0.25) is 14.7 Å². The van der Waals surface area contributed by atoms with Gasteiger partial charge in [0.1, 0.15) is 0 Å². The maximum absolute atomic E-state index is 12.6. The molecule has 0 N–H and O–H groups in total. The molecule has 0 unspecified atom stereocenters. The number of thioether (sulfide) groups is 1. The maximum atomic E-state index is 12.6. The summed E-state index contributed by atoms with van der Waals surface area (Å²) in [4.78, 5) is 22.4. The van der Waals surface area contributed by atoms with Crippen LogP contribution in [-0.2, 0) is 17.8 Å². The molecule has 1 fully saturated rings. The summed E-state index contributed by atoms with van der Waals surface area (Å²) in [5.74, 6) is 0.239. The second-order valence-corrected chi connectivity index (χ2v) is 7.27. The molecule has 2 aromatic rings. The number of carbonyl (C=O) groups excluding carboxylic acids is 1. The first kappa shape index (κ1) is 18.0. The lowest BCUT2D eigenvalue weighted by Crippen LogP contribution is -2.36. The SMILES string of the molecule is CSc1ccc(CC(=O)N2CCCN(Cc3ccncc3)CC2)cc1. The van der Waals surface area contributed by atoms with E-state index in [4.69, 9.17) is 0 Å². The topological polar surface area (TPSA) is 36.4 Å². The first-order valence-corrected chi connectivity index (χ1v) is 9.99. The summed E-state index contributed by atoms with van der Waals surface area (Å²) in [6.07, 6.45) is 7.27. The van der Waals surface area contributed by atoms with Crippen LogP contribution in [0.4, 0.5) is 0 Å². The van der Waals surface area contributed by atoms with Gasteiger partial charge in [0.15, 0.2) is 0 Å². The molecule has 5 heteroatoms. The molecule has 0 bridgehead atoms. The van der Waals surface area contributed by atoms with Gasteiger partial charge in [0.05, 0.1) is 6.42 Å². The van der Waals surface area contributed by atoms with Crippen LogP contribution >= 0.6 is 11.8 Å². The third kappa shape index (κ3) is 5.31. The smallest absolute Gasteiger partial charge is 0.227 e. The summed E-state index contributed by atoms with van der Waals surface area (Å²) in [5, 5.41) is 0. The number of rotatable bonds is 5. The Kier molecular flexibility index (Phi) is 6.48. The zero-order valence-corrected chi connectivity index (χ0v) is 15.5. The first-order valence-electron chi connectivity index (χ1n) is 8.76. The number of carbonyl (C=O) groups is 1. The van der Waals surface area contributed by atoms with E-state index in [0.29, 0.717) is 6.42 Å². The second-order valence-electron chi connectivity index (χ2n) is 6.39. The zero-order valence-electron chi connectivity index (χ0n) is 14.7. The summed E-state index contributed by atoms with van der Waals surface area (Å²) in [6.45, 7) is 4.57. The van der Waals surface area contributed by atoms with E-state index in [-0.39, 0.29) is 5.91 Å². The highest BCUT2D eigenvalue weighted by molar-refractivity contribution is 7.98. The third-order valence-corrected chi connectivity index (χ3v) is 5.35. The van der Waals surface area contributed by atoms with Crippen LogP contribution < -0.4 is 0 Å². The van der Waals surface area contributed by atoms with E-state index < -0.39 is 0 Å². The highest BCUT2D eigenvalue weighted by Crippen LogP contribution is 2.16. The summed E-state index contributed by atoms with van der Waals surface area (Å²) in [6, 6.07) is 12.4. The van der Waals surface area contributed by atoms with Crippen molar-refractivity contribution >= 4 is 17.7 Å². The minimum absolute atomic E-state index is 0.239. The molecule has 25 heavy (non-hydrogen) atoms. The Morgan fingerprint density at radius 2 is 1.76 bits per heavy atom. The Hall–Kier alpha value is -1.85. The highest BCUT2D eigenvalue weighted by Gasteiger charge is 2.19. The molecule has 1 aliphatic heterocycles. The van der Waals surface area contributed by atoms with Gasteiger partial charge in [0.2, 0.25) is 5.91 Å². The quantitative estimate of drug-likeness (QED) is 0.773. The minimum atomic E-state index is 0.239. The van der Waals surface area contributed by atoms with Crippen molar-refractivity contribution in [1.29, 1.82) is 0 Å². The third-order valence-electron chi connectivity index (χ3n) is 4.61. The molecule has 0 saturated carbocycles. The number of hydrogen-bond acceptors (Lipinski definition) is 4. The van der Waals surface area contributed by atoms with Gasteiger partial charge in [-0.05, 0) is 48.1 Å². The fourth-order valence-electron chi connectivity index (χ4n) is 3.15. The molecule has 1 amide bonds. The lowest BCUT2D eigenvalue weighted by molar-refractivity contribution is -0.130. The number of pyridine rings is 1.